The maximum absolute atomic E-state index is 3.60. The summed E-state index contributed by atoms with van der Waals surface area (Å²) in [7, 11) is 0. The standard InChI is InChI=1S/C13H28N2/c1-7-12(3,4)9-15-10-13(5,6)14-8-11(15)2/h11,14H,7-10H2,1-6H3. The van der Waals surface area contributed by atoms with Crippen LogP contribution in [0.15, 0.2) is 0 Å². The Labute approximate surface area is 95.4 Å². The number of nitrogens with zero attached hydrogens (tertiary/aromatic N) is 1. The molecule has 0 aromatic carbocycles. The van der Waals surface area contributed by atoms with E-state index >= 15 is 0 Å². The maximum atomic E-state index is 3.60. The van der Waals surface area contributed by atoms with Crippen LogP contribution in [0.2, 0.25) is 0 Å². The molecule has 0 spiro atoms. The minimum Gasteiger partial charge on any atom is -0.309 e. The Morgan fingerprint density at radius 1 is 1.40 bits per heavy atom. The lowest BCUT2D eigenvalue weighted by Gasteiger charge is -2.46. The molecule has 0 radical (unpaired) electrons. The molecular weight excluding hydrogens is 184 g/mol. The number of nitrogens with one attached hydrogen (secondary N) is 1. The Morgan fingerprint density at radius 3 is 2.53 bits per heavy atom. The Kier molecular flexibility index (Phi) is 3.83. The number of hydrogen-bond donors (Lipinski definition) is 1. The van der Waals surface area contributed by atoms with Crippen LogP contribution in [0.25, 0.3) is 0 Å². The molecule has 1 unspecified atom stereocenters. The van der Waals surface area contributed by atoms with Crippen LogP contribution in [0, 0.1) is 5.41 Å². The molecular formula is C13H28N2. The first kappa shape index (κ1) is 13.0. The summed E-state index contributed by atoms with van der Waals surface area (Å²) in [5.74, 6) is 0. The monoisotopic (exact) mass is 212 g/mol. The van der Waals surface area contributed by atoms with Crippen LogP contribution in [-0.2, 0) is 0 Å². The summed E-state index contributed by atoms with van der Waals surface area (Å²) < 4.78 is 0. The molecule has 15 heavy (non-hydrogen) atoms. The van der Waals surface area contributed by atoms with Crippen LogP contribution in [0.1, 0.15) is 48.0 Å². The second-order valence-electron chi connectivity index (χ2n) is 6.54. The van der Waals surface area contributed by atoms with Crippen LogP contribution >= 0.6 is 0 Å². The van der Waals surface area contributed by atoms with Gasteiger partial charge in [-0.25, -0.2) is 0 Å². The normalized spacial score (nSPS) is 28.0. The van der Waals surface area contributed by atoms with Gasteiger partial charge in [0.1, 0.15) is 0 Å². The van der Waals surface area contributed by atoms with Gasteiger partial charge in [-0.3, -0.25) is 4.90 Å². The number of piperazine rings is 1. The molecule has 0 aliphatic carbocycles. The van der Waals surface area contributed by atoms with Gasteiger partial charge in [0, 0.05) is 31.2 Å². The zero-order chi connectivity index (χ0) is 11.7. The smallest absolute Gasteiger partial charge is 0.0252 e. The highest BCUT2D eigenvalue weighted by Crippen LogP contribution is 2.25. The van der Waals surface area contributed by atoms with Crippen molar-refractivity contribution in [2.75, 3.05) is 19.6 Å². The molecule has 2 nitrogen and oxygen atoms in total. The van der Waals surface area contributed by atoms with Crippen LogP contribution in [0.3, 0.4) is 0 Å². The van der Waals surface area contributed by atoms with E-state index in [0.717, 1.165) is 13.1 Å². The Morgan fingerprint density at radius 2 is 2.00 bits per heavy atom. The van der Waals surface area contributed by atoms with Crippen molar-refractivity contribution in [3.63, 3.8) is 0 Å². The van der Waals surface area contributed by atoms with E-state index < -0.39 is 0 Å². The largest absolute Gasteiger partial charge is 0.309 e. The quantitative estimate of drug-likeness (QED) is 0.773. The van der Waals surface area contributed by atoms with Gasteiger partial charge >= 0.3 is 0 Å². The average molecular weight is 212 g/mol. The highest BCUT2D eigenvalue weighted by Gasteiger charge is 2.32. The molecule has 1 saturated heterocycles. The fourth-order valence-electron chi connectivity index (χ4n) is 2.15. The fourth-order valence-corrected chi connectivity index (χ4v) is 2.15. The summed E-state index contributed by atoms with van der Waals surface area (Å²) in [6.45, 7) is 17.4. The van der Waals surface area contributed by atoms with E-state index in [-0.39, 0.29) is 5.54 Å². The van der Waals surface area contributed by atoms with E-state index in [1.54, 1.807) is 0 Å². The summed E-state index contributed by atoms with van der Waals surface area (Å²) in [5.41, 5.74) is 0.720. The van der Waals surface area contributed by atoms with Gasteiger partial charge in [-0.05, 0) is 32.6 Å². The van der Waals surface area contributed by atoms with Crippen molar-refractivity contribution in [2.45, 2.75) is 59.5 Å². The summed E-state index contributed by atoms with van der Waals surface area (Å²) >= 11 is 0. The number of hydrogen-bond acceptors (Lipinski definition) is 2. The second kappa shape index (κ2) is 4.42. The highest BCUT2D eigenvalue weighted by molar-refractivity contribution is 4.92. The third-order valence-electron chi connectivity index (χ3n) is 3.69. The third kappa shape index (κ3) is 3.76. The summed E-state index contributed by atoms with van der Waals surface area (Å²) in [6.07, 6.45) is 1.25. The van der Waals surface area contributed by atoms with Gasteiger partial charge in [-0.2, -0.15) is 0 Å². The molecule has 0 aromatic heterocycles. The first-order valence-corrected chi connectivity index (χ1v) is 6.25. The molecule has 0 bridgehead atoms. The first-order valence-electron chi connectivity index (χ1n) is 6.25. The van der Waals surface area contributed by atoms with Crippen molar-refractivity contribution < 1.29 is 0 Å². The Balaban J connectivity index is 2.59. The highest BCUT2D eigenvalue weighted by atomic mass is 15.2. The molecule has 1 N–H and O–H groups in total. The molecule has 1 aliphatic rings. The summed E-state index contributed by atoms with van der Waals surface area (Å²) in [6, 6.07) is 0.670. The fraction of sp³-hybridized carbons (Fsp3) is 1.00. The van der Waals surface area contributed by atoms with Gasteiger partial charge in [0.25, 0.3) is 0 Å². The van der Waals surface area contributed by atoms with Crippen LogP contribution in [-0.4, -0.2) is 36.1 Å². The van der Waals surface area contributed by atoms with Crippen molar-refractivity contribution in [1.29, 1.82) is 0 Å². The van der Waals surface area contributed by atoms with E-state index in [4.69, 9.17) is 0 Å². The van der Waals surface area contributed by atoms with Crippen molar-refractivity contribution in [3.05, 3.63) is 0 Å². The molecule has 1 rings (SSSR count). The van der Waals surface area contributed by atoms with Crippen molar-refractivity contribution >= 4 is 0 Å². The van der Waals surface area contributed by atoms with Gasteiger partial charge in [-0.15, -0.1) is 0 Å². The van der Waals surface area contributed by atoms with Crippen molar-refractivity contribution in [3.8, 4) is 0 Å². The summed E-state index contributed by atoms with van der Waals surface area (Å²) in [4.78, 5) is 2.64. The molecule has 1 heterocycles. The van der Waals surface area contributed by atoms with Gasteiger partial charge in [0.15, 0.2) is 0 Å². The topological polar surface area (TPSA) is 15.3 Å². The van der Waals surface area contributed by atoms with Gasteiger partial charge in [0.05, 0.1) is 0 Å². The first-order chi connectivity index (χ1) is 6.76. The lowest BCUT2D eigenvalue weighted by Crippen LogP contribution is -2.61. The predicted molar refractivity (Wildman–Crippen MR) is 67.2 cm³/mol. The average Bonchev–Trinajstić information content (AvgIpc) is 2.11. The lowest BCUT2D eigenvalue weighted by atomic mass is 9.87. The Hall–Kier alpha value is -0.0800. The van der Waals surface area contributed by atoms with Crippen LogP contribution < -0.4 is 5.32 Å². The van der Waals surface area contributed by atoms with Gasteiger partial charge < -0.3 is 5.32 Å². The second-order valence-corrected chi connectivity index (χ2v) is 6.54. The molecule has 1 fully saturated rings. The maximum Gasteiger partial charge on any atom is 0.0252 e. The summed E-state index contributed by atoms with van der Waals surface area (Å²) in [5, 5.41) is 3.60. The molecule has 2 heteroatoms. The molecule has 1 aliphatic heterocycles. The molecule has 1 atom stereocenters. The van der Waals surface area contributed by atoms with Gasteiger partial charge in [-0.1, -0.05) is 20.8 Å². The zero-order valence-corrected chi connectivity index (χ0v) is 11.4. The van der Waals surface area contributed by atoms with E-state index in [1.165, 1.54) is 13.0 Å². The molecule has 0 saturated carbocycles. The molecule has 90 valence electrons. The lowest BCUT2D eigenvalue weighted by molar-refractivity contribution is 0.0654. The minimum absolute atomic E-state index is 0.274. The zero-order valence-electron chi connectivity index (χ0n) is 11.4. The van der Waals surface area contributed by atoms with Gasteiger partial charge in [0.2, 0.25) is 0 Å². The van der Waals surface area contributed by atoms with Crippen molar-refractivity contribution in [2.24, 2.45) is 5.41 Å². The third-order valence-corrected chi connectivity index (χ3v) is 3.69. The number of rotatable bonds is 3. The van der Waals surface area contributed by atoms with Crippen LogP contribution in [0.4, 0.5) is 0 Å². The van der Waals surface area contributed by atoms with E-state index in [0.29, 0.717) is 11.5 Å². The predicted octanol–water partition coefficient (Wildman–Crippen LogP) is 2.49. The molecule has 0 aromatic rings. The molecule has 0 amide bonds. The van der Waals surface area contributed by atoms with Crippen molar-refractivity contribution in [1.82, 2.24) is 10.2 Å². The van der Waals surface area contributed by atoms with E-state index in [2.05, 4.69) is 51.8 Å². The SMILES string of the molecule is CCC(C)(C)CN1CC(C)(C)NCC1C. The van der Waals surface area contributed by atoms with E-state index in [9.17, 15) is 0 Å². The Bertz CT molecular complexity index is 209. The van der Waals surface area contributed by atoms with E-state index in [1.807, 2.05) is 0 Å². The van der Waals surface area contributed by atoms with Crippen LogP contribution in [0.5, 0.6) is 0 Å². The minimum atomic E-state index is 0.274.